The fourth-order valence-corrected chi connectivity index (χ4v) is 1.11. The fraction of sp³-hybridized carbons (Fsp3) is 0.111. The average Bonchev–Trinajstić information content (AvgIpc) is 2.57. The third kappa shape index (κ3) is 1.39. The van der Waals surface area contributed by atoms with Crippen LogP contribution in [0, 0.1) is 6.92 Å². The number of rotatable bonds is 1. The van der Waals surface area contributed by atoms with Crippen molar-refractivity contribution in [3.05, 3.63) is 24.0 Å². The number of anilines is 2. The minimum atomic E-state index is 0.233. The molecule has 0 saturated heterocycles. The summed E-state index contributed by atoms with van der Waals surface area (Å²) in [5.74, 6) is 1.69. The van der Waals surface area contributed by atoms with E-state index >= 15 is 0 Å². The van der Waals surface area contributed by atoms with Crippen LogP contribution in [0.1, 0.15) is 5.76 Å². The van der Waals surface area contributed by atoms with Gasteiger partial charge in [0.15, 0.2) is 11.6 Å². The highest BCUT2D eigenvalue weighted by Gasteiger charge is 2.06. The van der Waals surface area contributed by atoms with Crippen LogP contribution >= 0.6 is 0 Å². The molecule has 2 rings (SSSR count). The maximum absolute atomic E-state index is 5.60. The van der Waals surface area contributed by atoms with E-state index in [1.807, 2.05) is 19.1 Å². The van der Waals surface area contributed by atoms with Gasteiger partial charge in [-0.3, -0.25) is 0 Å². The van der Waals surface area contributed by atoms with E-state index in [1.165, 1.54) is 0 Å². The Labute approximate surface area is 80.7 Å². The highest BCUT2D eigenvalue weighted by molar-refractivity contribution is 5.65. The first kappa shape index (κ1) is 8.55. The van der Waals surface area contributed by atoms with E-state index in [9.17, 15) is 0 Å². The first-order valence-electron chi connectivity index (χ1n) is 4.12. The van der Waals surface area contributed by atoms with Crippen LogP contribution in [0.15, 0.2) is 22.6 Å². The van der Waals surface area contributed by atoms with Crippen molar-refractivity contribution in [2.45, 2.75) is 6.92 Å². The third-order valence-corrected chi connectivity index (χ3v) is 1.85. The van der Waals surface area contributed by atoms with Crippen LogP contribution in [-0.4, -0.2) is 10.2 Å². The fourth-order valence-electron chi connectivity index (χ4n) is 1.11. The predicted octanol–water partition coefficient (Wildman–Crippen LogP) is 1.21. The number of aromatic nitrogens is 2. The van der Waals surface area contributed by atoms with Gasteiger partial charge in [0.1, 0.15) is 11.5 Å². The van der Waals surface area contributed by atoms with Gasteiger partial charge in [0.05, 0.1) is 5.69 Å². The Morgan fingerprint density at radius 3 is 2.57 bits per heavy atom. The molecule has 0 aromatic carbocycles. The standard InChI is InChI=1S/C9H10N4O/c1-5-2-3-8(14-5)7-4-6(10)9(11)13-12-7/h2-4H,1H3,(H2,10,12)(H2,11,13). The van der Waals surface area contributed by atoms with Crippen molar-refractivity contribution in [1.29, 1.82) is 0 Å². The lowest BCUT2D eigenvalue weighted by Crippen LogP contribution is -2.00. The van der Waals surface area contributed by atoms with E-state index in [1.54, 1.807) is 6.07 Å². The van der Waals surface area contributed by atoms with E-state index in [0.717, 1.165) is 5.76 Å². The molecule has 0 aliphatic carbocycles. The zero-order valence-electron chi connectivity index (χ0n) is 7.69. The molecule has 0 atom stereocenters. The van der Waals surface area contributed by atoms with Crippen LogP contribution in [-0.2, 0) is 0 Å². The summed E-state index contributed by atoms with van der Waals surface area (Å²) in [6, 6.07) is 5.30. The minimum absolute atomic E-state index is 0.233. The van der Waals surface area contributed by atoms with Crippen molar-refractivity contribution < 1.29 is 4.42 Å². The summed E-state index contributed by atoms with van der Waals surface area (Å²) < 4.78 is 5.37. The normalized spacial score (nSPS) is 10.4. The first-order valence-corrected chi connectivity index (χ1v) is 4.12. The topological polar surface area (TPSA) is 91.0 Å². The number of furan rings is 1. The third-order valence-electron chi connectivity index (χ3n) is 1.85. The summed E-state index contributed by atoms with van der Waals surface area (Å²) in [5.41, 5.74) is 12.0. The molecule has 72 valence electrons. The lowest BCUT2D eigenvalue weighted by molar-refractivity contribution is 0.545. The second-order valence-electron chi connectivity index (χ2n) is 2.98. The summed E-state index contributed by atoms with van der Waals surface area (Å²) in [4.78, 5) is 0. The monoisotopic (exact) mass is 190 g/mol. The maximum Gasteiger partial charge on any atom is 0.169 e. The summed E-state index contributed by atoms with van der Waals surface area (Å²) >= 11 is 0. The van der Waals surface area contributed by atoms with Crippen molar-refractivity contribution in [2.75, 3.05) is 11.5 Å². The van der Waals surface area contributed by atoms with Crippen molar-refractivity contribution >= 4 is 11.5 Å². The number of nitrogen functional groups attached to an aromatic ring is 2. The number of nitrogens with two attached hydrogens (primary N) is 2. The summed E-state index contributed by atoms with van der Waals surface area (Å²) in [6.07, 6.45) is 0. The maximum atomic E-state index is 5.60. The molecule has 0 aliphatic heterocycles. The Hall–Kier alpha value is -2.04. The molecule has 5 nitrogen and oxygen atoms in total. The second-order valence-corrected chi connectivity index (χ2v) is 2.98. The Kier molecular flexibility index (Phi) is 1.85. The molecule has 0 spiro atoms. The molecule has 14 heavy (non-hydrogen) atoms. The largest absolute Gasteiger partial charge is 0.460 e. The lowest BCUT2D eigenvalue weighted by atomic mass is 10.3. The Morgan fingerprint density at radius 1 is 1.21 bits per heavy atom. The molecule has 2 aromatic rings. The molecular formula is C9H10N4O. The predicted molar refractivity (Wildman–Crippen MR) is 53.3 cm³/mol. The van der Waals surface area contributed by atoms with Crippen LogP contribution in [0.5, 0.6) is 0 Å². The van der Waals surface area contributed by atoms with E-state index < -0.39 is 0 Å². The van der Waals surface area contributed by atoms with Crippen LogP contribution < -0.4 is 11.5 Å². The van der Waals surface area contributed by atoms with Crippen LogP contribution in [0.2, 0.25) is 0 Å². The Balaban J connectivity index is 2.47. The number of hydrogen-bond acceptors (Lipinski definition) is 5. The molecule has 0 aliphatic rings. The summed E-state index contributed by atoms with van der Waals surface area (Å²) in [6.45, 7) is 1.86. The highest BCUT2D eigenvalue weighted by Crippen LogP contribution is 2.22. The van der Waals surface area contributed by atoms with Crippen molar-refractivity contribution in [1.82, 2.24) is 10.2 Å². The zero-order chi connectivity index (χ0) is 10.1. The number of aryl methyl sites for hydroxylation is 1. The van der Waals surface area contributed by atoms with E-state index in [4.69, 9.17) is 15.9 Å². The van der Waals surface area contributed by atoms with Crippen molar-refractivity contribution in [2.24, 2.45) is 0 Å². The zero-order valence-corrected chi connectivity index (χ0v) is 7.69. The summed E-state index contributed by atoms with van der Waals surface area (Å²) in [5, 5.41) is 7.58. The van der Waals surface area contributed by atoms with Gasteiger partial charge in [0.25, 0.3) is 0 Å². The molecule has 0 amide bonds. The quantitative estimate of drug-likeness (QED) is 0.705. The molecule has 0 bridgehead atoms. The van der Waals surface area contributed by atoms with Crippen molar-refractivity contribution in [3.8, 4) is 11.5 Å². The van der Waals surface area contributed by atoms with E-state index in [-0.39, 0.29) is 5.82 Å². The van der Waals surface area contributed by atoms with Crippen LogP contribution in [0.4, 0.5) is 11.5 Å². The van der Waals surface area contributed by atoms with Gasteiger partial charge < -0.3 is 15.9 Å². The van der Waals surface area contributed by atoms with Gasteiger partial charge >= 0.3 is 0 Å². The van der Waals surface area contributed by atoms with Crippen molar-refractivity contribution in [3.63, 3.8) is 0 Å². The van der Waals surface area contributed by atoms with Gasteiger partial charge in [-0.15, -0.1) is 10.2 Å². The number of hydrogen-bond donors (Lipinski definition) is 2. The van der Waals surface area contributed by atoms with E-state index in [0.29, 0.717) is 17.1 Å². The minimum Gasteiger partial charge on any atom is -0.460 e. The molecule has 0 saturated carbocycles. The first-order chi connectivity index (χ1) is 6.66. The smallest absolute Gasteiger partial charge is 0.169 e. The van der Waals surface area contributed by atoms with Gasteiger partial charge in [-0.05, 0) is 25.1 Å². The molecular weight excluding hydrogens is 180 g/mol. The second kappa shape index (κ2) is 3.02. The molecule has 0 fully saturated rings. The molecule has 0 unspecified atom stereocenters. The van der Waals surface area contributed by atoms with Gasteiger partial charge in [0, 0.05) is 0 Å². The number of nitrogens with zero attached hydrogens (tertiary/aromatic N) is 2. The highest BCUT2D eigenvalue weighted by atomic mass is 16.3. The Morgan fingerprint density at radius 2 is 2.00 bits per heavy atom. The van der Waals surface area contributed by atoms with Gasteiger partial charge in [-0.2, -0.15) is 0 Å². The molecule has 2 heterocycles. The molecule has 0 radical (unpaired) electrons. The Bertz CT molecular complexity index is 464. The van der Waals surface area contributed by atoms with Crippen LogP contribution in [0.3, 0.4) is 0 Å². The molecule has 5 heteroatoms. The van der Waals surface area contributed by atoms with Gasteiger partial charge in [0.2, 0.25) is 0 Å². The lowest BCUT2D eigenvalue weighted by Gasteiger charge is -1.99. The molecule has 2 aromatic heterocycles. The van der Waals surface area contributed by atoms with E-state index in [2.05, 4.69) is 10.2 Å². The van der Waals surface area contributed by atoms with Crippen LogP contribution in [0.25, 0.3) is 11.5 Å². The van der Waals surface area contributed by atoms with Gasteiger partial charge in [-0.1, -0.05) is 0 Å². The van der Waals surface area contributed by atoms with Gasteiger partial charge in [-0.25, -0.2) is 0 Å². The average molecular weight is 190 g/mol. The summed E-state index contributed by atoms with van der Waals surface area (Å²) in [7, 11) is 0. The molecule has 4 N–H and O–H groups in total. The SMILES string of the molecule is Cc1ccc(-c2cc(N)c(N)nn2)o1.